The Hall–Kier alpha value is -0.780. The third-order valence-electron chi connectivity index (χ3n) is 1.67. The molecule has 54 valence electrons. The van der Waals surface area contributed by atoms with Crippen molar-refractivity contribution in [1.82, 2.24) is 0 Å². The summed E-state index contributed by atoms with van der Waals surface area (Å²) in [6.45, 7) is 2.05. The van der Waals surface area contributed by atoms with Gasteiger partial charge >= 0.3 is 0 Å². The van der Waals surface area contributed by atoms with Crippen molar-refractivity contribution in [2.45, 2.75) is 26.2 Å². The molecule has 0 N–H and O–H groups in total. The van der Waals surface area contributed by atoms with Gasteiger partial charge in [0.15, 0.2) is 0 Å². The zero-order chi connectivity index (χ0) is 7.23. The van der Waals surface area contributed by atoms with Gasteiger partial charge in [0.2, 0.25) is 0 Å². The Kier molecular flexibility index (Phi) is 3.01. The Bertz CT molecular complexity index is 170. The highest BCUT2D eigenvalue weighted by Gasteiger charge is 1.95. The molecule has 0 amide bonds. The minimum atomic E-state index is 1.25. The SMILES string of the molecule is C/C=C/C=C1/C=CCCC1. The van der Waals surface area contributed by atoms with E-state index in [9.17, 15) is 0 Å². The summed E-state index contributed by atoms with van der Waals surface area (Å²) in [5.41, 5.74) is 1.46. The summed E-state index contributed by atoms with van der Waals surface area (Å²) in [6.07, 6.45) is 14.7. The van der Waals surface area contributed by atoms with Crippen LogP contribution in [-0.4, -0.2) is 0 Å². The first-order valence-corrected chi connectivity index (χ1v) is 3.92. The molecule has 1 rings (SSSR count). The number of allylic oxidation sites excluding steroid dienone is 6. The van der Waals surface area contributed by atoms with Crippen molar-refractivity contribution in [2.75, 3.05) is 0 Å². The second kappa shape index (κ2) is 4.10. The first-order valence-electron chi connectivity index (χ1n) is 3.92. The molecular weight excluding hydrogens is 120 g/mol. The van der Waals surface area contributed by atoms with Gasteiger partial charge in [-0.15, -0.1) is 0 Å². The maximum Gasteiger partial charge on any atom is -0.0276 e. The average molecular weight is 134 g/mol. The monoisotopic (exact) mass is 134 g/mol. The predicted octanol–water partition coefficient (Wildman–Crippen LogP) is 3.23. The summed E-state index contributed by atoms with van der Waals surface area (Å²) in [5.74, 6) is 0. The zero-order valence-corrected chi connectivity index (χ0v) is 6.51. The molecule has 1 aliphatic rings. The van der Waals surface area contributed by atoms with E-state index < -0.39 is 0 Å². The summed E-state index contributed by atoms with van der Waals surface area (Å²) in [7, 11) is 0. The Balaban J connectivity index is 2.53. The number of rotatable bonds is 1. The van der Waals surface area contributed by atoms with Gasteiger partial charge in [0.1, 0.15) is 0 Å². The van der Waals surface area contributed by atoms with Crippen molar-refractivity contribution in [3.8, 4) is 0 Å². The molecule has 10 heavy (non-hydrogen) atoms. The van der Waals surface area contributed by atoms with Crippen LogP contribution in [0, 0.1) is 0 Å². The second-order valence-corrected chi connectivity index (χ2v) is 2.56. The molecule has 0 aromatic carbocycles. The van der Waals surface area contributed by atoms with Crippen molar-refractivity contribution >= 4 is 0 Å². The first-order chi connectivity index (χ1) is 4.93. The van der Waals surface area contributed by atoms with E-state index >= 15 is 0 Å². The Morgan fingerprint density at radius 3 is 3.00 bits per heavy atom. The standard InChI is InChI=1S/C10H14/c1-2-3-7-10-8-5-4-6-9-10/h2-3,5,7-8H,4,6,9H2,1H3/b3-2+,10-7-. The Labute approximate surface area is 62.9 Å². The van der Waals surface area contributed by atoms with Gasteiger partial charge in [-0.2, -0.15) is 0 Å². The summed E-state index contributed by atoms with van der Waals surface area (Å²) in [6, 6.07) is 0. The molecule has 0 aromatic rings. The van der Waals surface area contributed by atoms with E-state index in [0.29, 0.717) is 0 Å². The Morgan fingerprint density at radius 1 is 1.50 bits per heavy atom. The molecule has 0 aliphatic heterocycles. The summed E-state index contributed by atoms with van der Waals surface area (Å²) in [5, 5.41) is 0. The van der Waals surface area contributed by atoms with Crippen LogP contribution < -0.4 is 0 Å². The van der Waals surface area contributed by atoms with Gasteiger partial charge < -0.3 is 0 Å². The molecule has 0 fully saturated rings. The van der Waals surface area contributed by atoms with Gasteiger partial charge in [0.25, 0.3) is 0 Å². The lowest BCUT2D eigenvalue weighted by Gasteiger charge is -2.04. The molecule has 0 heteroatoms. The third kappa shape index (κ3) is 2.22. The van der Waals surface area contributed by atoms with Crippen LogP contribution in [0.25, 0.3) is 0 Å². The van der Waals surface area contributed by atoms with Gasteiger partial charge in [-0.1, -0.05) is 30.4 Å². The largest absolute Gasteiger partial charge is 0.0877 e. The van der Waals surface area contributed by atoms with Gasteiger partial charge in [-0.25, -0.2) is 0 Å². The maximum absolute atomic E-state index is 2.25. The van der Waals surface area contributed by atoms with Gasteiger partial charge in [-0.05, 0) is 31.8 Å². The van der Waals surface area contributed by atoms with Crippen molar-refractivity contribution in [2.24, 2.45) is 0 Å². The van der Waals surface area contributed by atoms with Crippen molar-refractivity contribution in [1.29, 1.82) is 0 Å². The molecule has 0 heterocycles. The Morgan fingerprint density at radius 2 is 2.40 bits per heavy atom. The van der Waals surface area contributed by atoms with Crippen LogP contribution in [0.1, 0.15) is 26.2 Å². The van der Waals surface area contributed by atoms with Crippen LogP contribution in [0.15, 0.2) is 36.0 Å². The number of hydrogen-bond acceptors (Lipinski definition) is 0. The molecule has 0 atom stereocenters. The van der Waals surface area contributed by atoms with Gasteiger partial charge in [0.05, 0.1) is 0 Å². The van der Waals surface area contributed by atoms with Crippen LogP contribution in [0.5, 0.6) is 0 Å². The first kappa shape index (κ1) is 7.33. The van der Waals surface area contributed by atoms with Crippen LogP contribution >= 0.6 is 0 Å². The van der Waals surface area contributed by atoms with E-state index in [1.54, 1.807) is 0 Å². The predicted molar refractivity (Wildman–Crippen MR) is 45.9 cm³/mol. The molecule has 0 nitrogen and oxygen atoms in total. The van der Waals surface area contributed by atoms with Crippen LogP contribution in [0.3, 0.4) is 0 Å². The highest BCUT2D eigenvalue weighted by molar-refractivity contribution is 5.25. The average Bonchev–Trinajstić information content (AvgIpc) is 2.03. The zero-order valence-electron chi connectivity index (χ0n) is 6.51. The van der Waals surface area contributed by atoms with Crippen molar-refractivity contribution < 1.29 is 0 Å². The van der Waals surface area contributed by atoms with Crippen molar-refractivity contribution in [3.63, 3.8) is 0 Å². The third-order valence-corrected chi connectivity index (χ3v) is 1.67. The molecule has 0 spiro atoms. The van der Waals surface area contributed by atoms with E-state index in [-0.39, 0.29) is 0 Å². The molecule has 1 aliphatic carbocycles. The van der Waals surface area contributed by atoms with Crippen LogP contribution in [-0.2, 0) is 0 Å². The van der Waals surface area contributed by atoms with Gasteiger partial charge in [0, 0.05) is 0 Å². The quantitative estimate of drug-likeness (QED) is 0.516. The highest BCUT2D eigenvalue weighted by Crippen LogP contribution is 2.15. The van der Waals surface area contributed by atoms with E-state index in [2.05, 4.69) is 30.4 Å². The molecule has 0 radical (unpaired) electrons. The van der Waals surface area contributed by atoms with Crippen LogP contribution in [0.4, 0.5) is 0 Å². The fourth-order valence-corrected chi connectivity index (χ4v) is 1.10. The summed E-state index contributed by atoms with van der Waals surface area (Å²) >= 11 is 0. The molecular formula is C10H14. The van der Waals surface area contributed by atoms with E-state index in [0.717, 1.165) is 0 Å². The number of hydrogen-bond donors (Lipinski definition) is 0. The second-order valence-electron chi connectivity index (χ2n) is 2.56. The fraction of sp³-hybridized carbons (Fsp3) is 0.400. The fourth-order valence-electron chi connectivity index (χ4n) is 1.10. The molecule has 0 aromatic heterocycles. The van der Waals surface area contributed by atoms with E-state index in [1.165, 1.54) is 24.8 Å². The lowest BCUT2D eigenvalue weighted by Crippen LogP contribution is -1.84. The van der Waals surface area contributed by atoms with Crippen LogP contribution in [0.2, 0.25) is 0 Å². The van der Waals surface area contributed by atoms with Gasteiger partial charge in [-0.3, -0.25) is 0 Å². The lowest BCUT2D eigenvalue weighted by molar-refractivity contribution is 0.821. The smallest absolute Gasteiger partial charge is 0.0276 e. The minimum absolute atomic E-state index is 1.25. The normalized spacial score (nSPS) is 22.7. The van der Waals surface area contributed by atoms with E-state index in [1.807, 2.05) is 6.92 Å². The molecule has 0 saturated heterocycles. The molecule has 0 bridgehead atoms. The minimum Gasteiger partial charge on any atom is -0.0877 e. The topological polar surface area (TPSA) is 0 Å². The lowest BCUT2D eigenvalue weighted by atomic mass is 10.0. The van der Waals surface area contributed by atoms with E-state index in [4.69, 9.17) is 0 Å². The summed E-state index contributed by atoms with van der Waals surface area (Å²) in [4.78, 5) is 0. The summed E-state index contributed by atoms with van der Waals surface area (Å²) < 4.78 is 0. The molecule has 0 unspecified atom stereocenters. The highest BCUT2D eigenvalue weighted by atomic mass is 14.0. The maximum atomic E-state index is 2.25. The molecule has 0 saturated carbocycles. The van der Waals surface area contributed by atoms with Crippen molar-refractivity contribution in [3.05, 3.63) is 36.0 Å².